The molecule has 0 spiro atoms. The first kappa shape index (κ1) is 26.5. The number of hydrogen-bond acceptors (Lipinski definition) is 9. The first-order valence-corrected chi connectivity index (χ1v) is 14.7. The summed E-state index contributed by atoms with van der Waals surface area (Å²) in [6, 6.07) is 7.61. The minimum absolute atomic E-state index is 0.00593. The molecule has 1 saturated carbocycles. The van der Waals surface area contributed by atoms with Gasteiger partial charge in [0.2, 0.25) is 5.78 Å². The van der Waals surface area contributed by atoms with Crippen molar-refractivity contribution in [3.8, 4) is 0 Å². The van der Waals surface area contributed by atoms with E-state index in [1.807, 2.05) is 31.3 Å². The minimum Gasteiger partial charge on any atom is -0.367 e. The Morgan fingerprint density at radius 1 is 1.27 bits per heavy atom. The molecule has 3 atom stereocenters. The van der Waals surface area contributed by atoms with Crippen LogP contribution in [0, 0.1) is 5.92 Å². The second-order valence-electron chi connectivity index (χ2n) is 9.41. The highest BCUT2D eigenvalue weighted by atomic mass is 35.5. The SMILES string of the molecule is CN1Cc2ccc(Cl)cc2[C@H]1c1cc(C(=O)c2cncnc2N[C@H]2CC[C@@H](COS(N)(=O)=O)C2)sc1Cl. The molecule has 3 aromatic rings. The molecule has 3 heterocycles. The van der Waals surface area contributed by atoms with Gasteiger partial charge in [0.15, 0.2) is 0 Å². The average Bonchev–Trinajstić information content (AvgIpc) is 3.53. The van der Waals surface area contributed by atoms with E-state index in [1.54, 1.807) is 0 Å². The molecule has 0 bridgehead atoms. The lowest BCUT2D eigenvalue weighted by Crippen LogP contribution is -2.22. The van der Waals surface area contributed by atoms with Crippen LogP contribution in [0.2, 0.25) is 9.36 Å². The summed E-state index contributed by atoms with van der Waals surface area (Å²) in [5, 5.41) is 8.92. The molecule has 37 heavy (non-hydrogen) atoms. The molecule has 2 aliphatic rings. The molecule has 196 valence electrons. The molecular weight excluding hydrogens is 557 g/mol. The fourth-order valence-electron chi connectivity index (χ4n) is 5.13. The van der Waals surface area contributed by atoms with Crippen LogP contribution in [-0.2, 0) is 21.0 Å². The van der Waals surface area contributed by atoms with Crippen molar-refractivity contribution in [3.63, 3.8) is 0 Å². The minimum atomic E-state index is -3.97. The zero-order chi connectivity index (χ0) is 26.3. The Labute approximate surface area is 229 Å². The Kier molecular flexibility index (Phi) is 7.56. The van der Waals surface area contributed by atoms with Gasteiger partial charge in [-0.1, -0.05) is 29.3 Å². The monoisotopic (exact) mass is 581 g/mol. The van der Waals surface area contributed by atoms with Crippen LogP contribution in [0.3, 0.4) is 0 Å². The molecule has 1 aliphatic carbocycles. The van der Waals surface area contributed by atoms with Gasteiger partial charge >= 0.3 is 10.3 Å². The smallest absolute Gasteiger partial charge is 0.333 e. The predicted molar refractivity (Wildman–Crippen MR) is 143 cm³/mol. The Morgan fingerprint density at radius 3 is 2.86 bits per heavy atom. The van der Waals surface area contributed by atoms with E-state index < -0.39 is 10.3 Å². The molecule has 3 N–H and O–H groups in total. The number of carbonyl (C=O) groups excluding carboxylic acids is 1. The van der Waals surface area contributed by atoms with Crippen LogP contribution in [0.1, 0.15) is 57.2 Å². The average molecular weight is 583 g/mol. The molecule has 0 saturated heterocycles. The largest absolute Gasteiger partial charge is 0.367 e. The van der Waals surface area contributed by atoms with Crippen molar-refractivity contribution >= 4 is 56.4 Å². The Hall–Kier alpha value is -2.12. The second-order valence-corrected chi connectivity index (χ2v) is 12.7. The number of benzene rings is 1. The van der Waals surface area contributed by atoms with Gasteiger partial charge in [0.25, 0.3) is 0 Å². The fourth-order valence-corrected chi connectivity index (χ4v) is 6.97. The summed E-state index contributed by atoms with van der Waals surface area (Å²) in [5.41, 5.74) is 3.47. The molecule has 0 amide bonds. The van der Waals surface area contributed by atoms with Crippen LogP contribution in [0.25, 0.3) is 0 Å². The van der Waals surface area contributed by atoms with Crippen molar-refractivity contribution in [2.45, 2.75) is 37.9 Å². The maximum Gasteiger partial charge on any atom is 0.333 e. The van der Waals surface area contributed by atoms with Crippen molar-refractivity contribution in [1.29, 1.82) is 0 Å². The Morgan fingerprint density at radius 2 is 2.08 bits per heavy atom. The van der Waals surface area contributed by atoms with E-state index in [1.165, 1.54) is 29.4 Å². The van der Waals surface area contributed by atoms with Crippen LogP contribution in [0.4, 0.5) is 5.82 Å². The number of rotatable bonds is 8. The molecule has 9 nitrogen and oxygen atoms in total. The molecule has 2 aromatic heterocycles. The van der Waals surface area contributed by atoms with Gasteiger partial charge in [-0.15, -0.1) is 11.3 Å². The summed E-state index contributed by atoms with van der Waals surface area (Å²) >= 11 is 14.2. The van der Waals surface area contributed by atoms with Gasteiger partial charge in [-0.2, -0.15) is 8.42 Å². The quantitative estimate of drug-likeness (QED) is 0.374. The van der Waals surface area contributed by atoms with Crippen LogP contribution in [-0.4, -0.2) is 48.8 Å². The van der Waals surface area contributed by atoms with Crippen LogP contribution in [0.5, 0.6) is 0 Å². The van der Waals surface area contributed by atoms with Crippen molar-refractivity contribution in [3.05, 3.63) is 73.3 Å². The van der Waals surface area contributed by atoms with Crippen molar-refractivity contribution in [1.82, 2.24) is 14.9 Å². The maximum absolute atomic E-state index is 13.6. The number of carbonyl (C=O) groups is 1. The molecule has 0 radical (unpaired) electrons. The standard InChI is InChI=1S/C24H25Cl2N5O4S2/c1-31-10-14-3-4-15(25)7-17(14)21(31)18-8-20(36-23(18)26)22(32)19-9-28-12-29-24(19)30-16-5-2-13(6-16)11-35-37(27,33)34/h3-4,7-9,12-13,16,21H,2,5-6,10-11H2,1H3,(H2,27,33,34)(H,28,29,30)/t13-,16+,21+/m1/s1. The molecule has 5 rings (SSSR count). The van der Waals surface area contributed by atoms with E-state index >= 15 is 0 Å². The zero-order valence-corrected chi connectivity index (χ0v) is 23.0. The molecule has 0 unspecified atom stereocenters. The number of halogens is 2. The number of fused-ring (bicyclic) bond motifs is 1. The van der Waals surface area contributed by atoms with Gasteiger partial charge in [0.1, 0.15) is 12.1 Å². The lowest BCUT2D eigenvalue weighted by Gasteiger charge is -2.20. The third kappa shape index (κ3) is 5.83. The number of anilines is 1. The van der Waals surface area contributed by atoms with E-state index in [9.17, 15) is 13.2 Å². The van der Waals surface area contributed by atoms with Gasteiger partial charge in [-0.05, 0) is 61.6 Å². The maximum atomic E-state index is 13.6. The van der Waals surface area contributed by atoms with Crippen molar-refractivity contribution in [2.24, 2.45) is 11.1 Å². The molecule has 1 aromatic carbocycles. The number of hydrogen-bond donors (Lipinski definition) is 2. The Balaban J connectivity index is 1.35. The molecule has 1 aliphatic heterocycles. The second kappa shape index (κ2) is 10.6. The predicted octanol–water partition coefficient (Wildman–Crippen LogP) is 4.41. The van der Waals surface area contributed by atoms with Gasteiger partial charge in [-0.25, -0.2) is 15.1 Å². The van der Waals surface area contributed by atoms with E-state index in [0.29, 0.717) is 32.0 Å². The summed E-state index contributed by atoms with van der Waals surface area (Å²) < 4.78 is 27.5. The highest BCUT2D eigenvalue weighted by molar-refractivity contribution is 7.84. The highest BCUT2D eigenvalue weighted by Crippen LogP contribution is 2.44. The fraction of sp³-hybridized carbons (Fsp3) is 0.375. The van der Waals surface area contributed by atoms with E-state index in [2.05, 4.69) is 20.2 Å². The van der Waals surface area contributed by atoms with Crippen LogP contribution >= 0.6 is 34.5 Å². The van der Waals surface area contributed by atoms with E-state index in [0.717, 1.165) is 30.5 Å². The highest BCUT2D eigenvalue weighted by Gasteiger charge is 2.33. The lowest BCUT2D eigenvalue weighted by molar-refractivity contribution is 0.104. The molecular formula is C24H25Cl2N5O4S2. The number of nitrogens with two attached hydrogens (primary N) is 1. The van der Waals surface area contributed by atoms with Gasteiger partial charge in [0, 0.05) is 29.4 Å². The summed E-state index contributed by atoms with van der Waals surface area (Å²) in [6.07, 6.45) is 5.10. The summed E-state index contributed by atoms with van der Waals surface area (Å²) in [7, 11) is -1.95. The number of aromatic nitrogens is 2. The first-order valence-electron chi connectivity index (χ1n) is 11.6. The molecule has 13 heteroatoms. The van der Waals surface area contributed by atoms with Crippen LogP contribution < -0.4 is 10.5 Å². The number of nitrogens with zero attached hydrogens (tertiary/aromatic N) is 3. The lowest BCUT2D eigenvalue weighted by atomic mass is 9.99. The van der Waals surface area contributed by atoms with Crippen molar-refractivity contribution < 1.29 is 17.4 Å². The first-order chi connectivity index (χ1) is 17.6. The number of ketones is 1. The van der Waals surface area contributed by atoms with Gasteiger partial charge < -0.3 is 5.32 Å². The third-order valence-electron chi connectivity index (χ3n) is 6.80. The van der Waals surface area contributed by atoms with Gasteiger partial charge in [0.05, 0.1) is 27.4 Å². The van der Waals surface area contributed by atoms with Gasteiger partial charge in [-0.3, -0.25) is 13.9 Å². The third-order valence-corrected chi connectivity index (χ3v) is 8.89. The zero-order valence-electron chi connectivity index (χ0n) is 19.9. The Bertz CT molecular complexity index is 1450. The van der Waals surface area contributed by atoms with E-state index in [4.69, 9.17) is 32.5 Å². The number of thiophene rings is 1. The topological polar surface area (TPSA) is 128 Å². The summed E-state index contributed by atoms with van der Waals surface area (Å²) in [5.74, 6) is 0.245. The van der Waals surface area contributed by atoms with Crippen LogP contribution in [0.15, 0.2) is 36.8 Å². The van der Waals surface area contributed by atoms with E-state index in [-0.39, 0.29) is 30.4 Å². The molecule has 1 fully saturated rings. The number of nitrogens with one attached hydrogen (secondary N) is 1. The van der Waals surface area contributed by atoms with Crippen molar-refractivity contribution in [2.75, 3.05) is 19.0 Å². The summed E-state index contributed by atoms with van der Waals surface area (Å²) in [4.78, 5) is 24.6. The normalized spacial score (nSPS) is 21.8. The summed E-state index contributed by atoms with van der Waals surface area (Å²) in [6.45, 7) is 0.796.